The average Bonchev–Trinajstić information content (AvgIpc) is 2.37. The highest BCUT2D eigenvalue weighted by Crippen LogP contribution is 2.31. The van der Waals surface area contributed by atoms with E-state index in [4.69, 9.17) is 5.11 Å². The van der Waals surface area contributed by atoms with Crippen molar-refractivity contribution in [3.05, 3.63) is 62.5 Å². The van der Waals surface area contributed by atoms with E-state index in [1.54, 1.807) is 23.9 Å². The molecule has 2 nitrogen and oxygen atoms in total. The van der Waals surface area contributed by atoms with Gasteiger partial charge in [0.1, 0.15) is 0 Å². The van der Waals surface area contributed by atoms with Crippen LogP contribution in [0.25, 0.3) is 0 Å². The molecule has 0 bridgehead atoms. The molecule has 0 aliphatic carbocycles. The Labute approximate surface area is 132 Å². The van der Waals surface area contributed by atoms with E-state index in [1.807, 2.05) is 18.2 Å². The molecule has 0 aliphatic heterocycles. The van der Waals surface area contributed by atoms with Gasteiger partial charge < -0.3 is 5.11 Å². The molecule has 0 spiro atoms. The normalized spacial score (nSPS) is 10.4. The van der Waals surface area contributed by atoms with Crippen LogP contribution in [0.4, 0.5) is 0 Å². The minimum Gasteiger partial charge on any atom is -0.478 e. The fourth-order valence-corrected chi connectivity index (χ4v) is 3.57. The molecule has 0 saturated carbocycles. The molecule has 2 aromatic rings. The van der Waals surface area contributed by atoms with E-state index < -0.39 is 5.97 Å². The summed E-state index contributed by atoms with van der Waals surface area (Å²) in [6.07, 6.45) is 0. The van der Waals surface area contributed by atoms with Crippen LogP contribution in [-0.4, -0.2) is 11.1 Å². The van der Waals surface area contributed by atoms with Crippen LogP contribution in [0.2, 0.25) is 0 Å². The van der Waals surface area contributed by atoms with Crippen LogP contribution in [0.5, 0.6) is 0 Å². The molecular formula is C14H10Br2O2S. The van der Waals surface area contributed by atoms with Gasteiger partial charge in [-0.1, -0.05) is 28.1 Å². The molecule has 0 aliphatic rings. The molecule has 0 radical (unpaired) electrons. The first-order valence-electron chi connectivity index (χ1n) is 5.46. The van der Waals surface area contributed by atoms with E-state index in [0.29, 0.717) is 5.56 Å². The third-order valence-electron chi connectivity index (χ3n) is 2.46. The number of hydrogen-bond donors (Lipinski definition) is 1. The Bertz CT molecular complexity index is 614. The number of carbonyl (C=O) groups is 1. The molecular weight excluding hydrogens is 392 g/mol. The highest BCUT2D eigenvalue weighted by atomic mass is 79.9. The first kappa shape index (κ1) is 14.6. The number of thioether (sulfide) groups is 1. The first-order chi connectivity index (χ1) is 9.06. The van der Waals surface area contributed by atoms with Gasteiger partial charge in [0.25, 0.3) is 0 Å². The van der Waals surface area contributed by atoms with Crippen LogP contribution < -0.4 is 0 Å². The molecule has 2 rings (SSSR count). The topological polar surface area (TPSA) is 37.3 Å². The van der Waals surface area contributed by atoms with Crippen molar-refractivity contribution in [2.24, 2.45) is 0 Å². The lowest BCUT2D eigenvalue weighted by molar-refractivity contribution is 0.0696. The third kappa shape index (κ3) is 4.09. The van der Waals surface area contributed by atoms with Crippen molar-refractivity contribution in [3.8, 4) is 0 Å². The molecule has 0 fully saturated rings. The summed E-state index contributed by atoms with van der Waals surface area (Å²) in [5.74, 6) is -0.0750. The summed E-state index contributed by atoms with van der Waals surface area (Å²) < 4.78 is 1.87. The van der Waals surface area contributed by atoms with Gasteiger partial charge in [-0.2, -0.15) is 0 Å². The molecule has 98 valence electrons. The van der Waals surface area contributed by atoms with Crippen LogP contribution in [-0.2, 0) is 5.75 Å². The molecule has 2 aromatic carbocycles. The van der Waals surface area contributed by atoms with Gasteiger partial charge in [-0.05, 0) is 51.8 Å². The molecule has 0 atom stereocenters. The van der Waals surface area contributed by atoms with Crippen molar-refractivity contribution >= 4 is 49.6 Å². The Morgan fingerprint density at radius 3 is 2.58 bits per heavy atom. The highest BCUT2D eigenvalue weighted by molar-refractivity contribution is 9.10. The van der Waals surface area contributed by atoms with Crippen molar-refractivity contribution in [1.29, 1.82) is 0 Å². The van der Waals surface area contributed by atoms with Crippen molar-refractivity contribution in [1.82, 2.24) is 0 Å². The van der Waals surface area contributed by atoms with Gasteiger partial charge in [0.2, 0.25) is 0 Å². The fourth-order valence-electron chi connectivity index (χ4n) is 1.54. The summed E-state index contributed by atoms with van der Waals surface area (Å²) in [5, 5.41) is 8.91. The van der Waals surface area contributed by atoms with Gasteiger partial charge in [0.05, 0.1) is 5.56 Å². The lowest BCUT2D eigenvalue weighted by atomic mass is 10.2. The van der Waals surface area contributed by atoms with Crippen LogP contribution >= 0.6 is 43.6 Å². The number of hydrogen-bond acceptors (Lipinski definition) is 2. The zero-order valence-corrected chi connectivity index (χ0v) is 13.8. The minimum absolute atomic E-state index is 0.290. The number of rotatable bonds is 4. The second-order valence-electron chi connectivity index (χ2n) is 3.87. The van der Waals surface area contributed by atoms with Crippen LogP contribution in [0.15, 0.2) is 56.3 Å². The van der Waals surface area contributed by atoms with Gasteiger partial charge in [-0.3, -0.25) is 0 Å². The SMILES string of the molecule is O=C(O)c1ccc(SCc2cccc(Br)c2)c(Br)c1. The van der Waals surface area contributed by atoms with Crippen molar-refractivity contribution in [2.45, 2.75) is 10.6 Å². The predicted octanol–water partition coefficient (Wildman–Crippen LogP) is 5.20. The van der Waals surface area contributed by atoms with Crippen molar-refractivity contribution in [3.63, 3.8) is 0 Å². The highest BCUT2D eigenvalue weighted by Gasteiger charge is 2.07. The van der Waals surface area contributed by atoms with Crippen LogP contribution in [0.3, 0.4) is 0 Å². The number of halogens is 2. The standard InChI is InChI=1S/C14H10Br2O2S/c15-11-3-1-2-9(6-11)8-19-13-5-4-10(14(17)18)7-12(13)16/h1-7H,8H2,(H,17,18). The Balaban J connectivity index is 2.10. The zero-order chi connectivity index (χ0) is 13.8. The van der Waals surface area contributed by atoms with E-state index in [0.717, 1.165) is 19.6 Å². The fraction of sp³-hybridized carbons (Fsp3) is 0.0714. The van der Waals surface area contributed by atoms with E-state index in [-0.39, 0.29) is 0 Å². The summed E-state index contributed by atoms with van der Waals surface area (Å²) in [6, 6.07) is 13.2. The van der Waals surface area contributed by atoms with Crippen molar-refractivity contribution in [2.75, 3.05) is 0 Å². The summed E-state index contributed by atoms with van der Waals surface area (Å²) >= 11 is 8.52. The lowest BCUT2D eigenvalue weighted by Crippen LogP contribution is -1.95. The molecule has 5 heteroatoms. The van der Waals surface area contributed by atoms with E-state index in [9.17, 15) is 4.79 Å². The average molecular weight is 402 g/mol. The van der Waals surface area contributed by atoms with Gasteiger partial charge in [0, 0.05) is 19.6 Å². The predicted molar refractivity (Wildman–Crippen MR) is 84.8 cm³/mol. The first-order valence-corrected chi connectivity index (χ1v) is 8.03. The molecule has 0 amide bonds. The number of carboxylic acids is 1. The second kappa shape index (κ2) is 6.59. The van der Waals surface area contributed by atoms with E-state index in [1.165, 1.54) is 5.56 Å². The number of benzene rings is 2. The summed E-state index contributed by atoms with van der Waals surface area (Å²) in [5.41, 5.74) is 1.51. The van der Waals surface area contributed by atoms with Gasteiger partial charge in [-0.25, -0.2) is 4.79 Å². The second-order valence-corrected chi connectivity index (χ2v) is 6.66. The van der Waals surface area contributed by atoms with Gasteiger partial charge in [0.15, 0.2) is 0 Å². The zero-order valence-electron chi connectivity index (χ0n) is 9.77. The number of aromatic carboxylic acids is 1. The molecule has 0 unspecified atom stereocenters. The van der Waals surface area contributed by atoms with E-state index in [2.05, 4.69) is 44.0 Å². The van der Waals surface area contributed by atoms with Crippen LogP contribution in [0.1, 0.15) is 15.9 Å². The Morgan fingerprint density at radius 2 is 1.95 bits per heavy atom. The van der Waals surface area contributed by atoms with Gasteiger partial charge in [-0.15, -0.1) is 11.8 Å². The number of carboxylic acid groups (broad SMARTS) is 1. The Kier molecular flexibility index (Phi) is 5.07. The van der Waals surface area contributed by atoms with E-state index >= 15 is 0 Å². The monoisotopic (exact) mass is 400 g/mol. The maximum Gasteiger partial charge on any atom is 0.335 e. The smallest absolute Gasteiger partial charge is 0.335 e. The molecule has 0 aromatic heterocycles. The van der Waals surface area contributed by atoms with Crippen molar-refractivity contribution < 1.29 is 9.90 Å². The maximum atomic E-state index is 10.8. The third-order valence-corrected chi connectivity index (χ3v) is 5.02. The largest absolute Gasteiger partial charge is 0.478 e. The Hall–Kier alpha value is -0.780. The summed E-state index contributed by atoms with van der Waals surface area (Å²) in [4.78, 5) is 11.9. The lowest BCUT2D eigenvalue weighted by Gasteiger charge is -2.06. The molecule has 1 N–H and O–H groups in total. The quantitative estimate of drug-likeness (QED) is 0.715. The molecule has 0 saturated heterocycles. The molecule has 19 heavy (non-hydrogen) atoms. The summed E-state index contributed by atoms with van der Waals surface area (Å²) in [6.45, 7) is 0. The maximum absolute atomic E-state index is 10.8. The van der Waals surface area contributed by atoms with Gasteiger partial charge >= 0.3 is 5.97 Å². The minimum atomic E-state index is -0.913. The summed E-state index contributed by atoms with van der Waals surface area (Å²) in [7, 11) is 0. The molecule has 0 heterocycles. The van der Waals surface area contributed by atoms with Crippen LogP contribution in [0, 0.1) is 0 Å². The Morgan fingerprint density at radius 1 is 1.16 bits per heavy atom.